The van der Waals surface area contributed by atoms with Gasteiger partial charge in [-0.1, -0.05) is 28.6 Å². The van der Waals surface area contributed by atoms with Crippen LogP contribution in [0, 0.1) is 0 Å². The molecule has 0 fully saturated rings. The highest BCUT2D eigenvalue weighted by atomic mass is 79.9. The zero-order chi connectivity index (χ0) is 10.7. The van der Waals surface area contributed by atoms with Crippen molar-refractivity contribution >= 4 is 27.3 Å². The Kier molecular flexibility index (Phi) is 3.30. The van der Waals surface area contributed by atoms with E-state index < -0.39 is 0 Å². The Morgan fingerprint density at radius 3 is 2.80 bits per heavy atom. The van der Waals surface area contributed by atoms with Gasteiger partial charge in [0.2, 0.25) is 0 Å². The van der Waals surface area contributed by atoms with E-state index in [9.17, 15) is 0 Å². The first-order valence-electron chi connectivity index (χ1n) is 4.15. The van der Waals surface area contributed by atoms with Gasteiger partial charge in [-0.25, -0.2) is 0 Å². The van der Waals surface area contributed by atoms with Crippen molar-refractivity contribution in [3.05, 3.63) is 33.7 Å². The van der Waals surface area contributed by atoms with Gasteiger partial charge in [0.15, 0.2) is 0 Å². The van der Waals surface area contributed by atoms with Crippen LogP contribution < -0.4 is 4.74 Å². The van der Waals surface area contributed by atoms with Gasteiger partial charge in [-0.3, -0.25) is 0 Å². The van der Waals surface area contributed by atoms with E-state index in [4.69, 9.17) is 9.84 Å². The number of aromatic nitrogens is 2. The lowest BCUT2D eigenvalue weighted by Crippen LogP contribution is -1.84. The minimum absolute atomic E-state index is 0.114. The van der Waals surface area contributed by atoms with E-state index in [1.54, 1.807) is 0 Å². The Morgan fingerprint density at radius 1 is 1.33 bits per heavy atom. The molecule has 0 atom stereocenters. The first-order valence-corrected chi connectivity index (χ1v) is 5.76. The fourth-order valence-electron chi connectivity index (χ4n) is 0.965. The van der Waals surface area contributed by atoms with Gasteiger partial charge >= 0.3 is 0 Å². The fourth-order valence-corrected chi connectivity index (χ4v) is 1.89. The maximum atomic E-state index is 8.81. The van der Waals surface area contributed by atoms with Crippen molar-refractivity contribution in [3.63, 3.8) is 0 Å². The summed E-state index contributed by atoms with van der Waals surface area (Å²) in [5.41, 5.74) is 0. The van der Waals surface area contributed by atoms with Crippen molar-refractivity contribution in [3.8, 4) is 10.9 Å². The van der Waals surface area contributed by atoms with Crippen molar-refractivity contribution < 1.29 is 9.84 Å². The molecule has 0 radical (unpaired) electrons. The molecular weight excluding hydrogens is 280 g/mol. The predicted molar refractivity (Wildman–Crippen MR) is 60.0 cm³/mol. The number of nitrogens with zero attached hydrogens (tertiary/aromatic N) is 2. The topological polar surface area (TPSA) is 55.2 Å². The number of aliphatic hydroxyl groups is 1. The summed E-state index contributed by atoms with van der Waals surface area (Å²) in [4.78, 5) is 0. The summed E-state index contributed by atoms with van der Waals surface area (Å²) in [7, 11) is 0. The molecule has 1 N–H and O–H groups in total. The number of hydrogen-bond donors (Lipinski definition) is 1. The number of para-hydroxylation sites is 1. The molecule has 2 aromatic rings. The maximum Gasteiger partial charge on any atom is 0.299 e. The average molecular weight is 287 g/mol. The Balaban J connectivity index is 2.18. The second kappa shape index (κ2) is 4.69. The van der Waals surface area contributed by atoms with Crippen LogP contribution in [0.3, 0.4) is 0 Å². The summed E-state index contributed by atoms with van der Waals surface area (Å²) in [5.74, 6) is 0.679. The lowest BCUT2D eigenvalue weighted by molar-refractivity contribution is 0.280. The molecule has 0 saturated carbocycles. The summed E-state index contributed by atoms with van der Waals surface area (Å²) in [6.07, 6.45) is 0. The molecule has 0 saturated heterocycles. The molecule has 0 bridgehead atoms. The van der Waals surface area contributed by atoms with Crippen molar-refractivity contribution in [1.82, 2.24) is 10.2 Å². The number of ether oxygens (including phenoxy) is 1. The first kappa shape index (κ1) is 10.5. The van der Waals surface area contributed by atoms with Crippen LogP contribution in [0.1, 0.15) is 5.01 Å². The van der Waals surface area contributed by atoms with E-state index in [0.717, 1.165) is 4.47 Å². The number of halogens is 1. The van der Waals surface area contributed by atoms with Crippen LogP contribution >= 0.6 is 27.3 Å². The number of benzene rings is 1. The third-order valence-electron chi connectivity index (χ3n) is 1.62. The normalized spacial score (nSPS) is 10.3. The molecule has 1 aromatic heterocycles. The smallest absolute Gasteiger partial charge is 0.299 e. The standard InChI is InChI=1S/C9H7BrN2O2S/c10-6-3-1-2-4-7(6)14-9-12-11-8(5-13)15-9/h1-4,13H,5H2. The molecular formula is C9H7BrN2O2S. The van der Waals surface area contributed by atoms with Crippen LogP contribution in [0.2, 0.25) is 0 Å². The molecule has 0 amide bonds. The molecule has 78 valence electrons. The van der Waals surface area contributed by atoms with Crippen molar-refractivity contribution in [2.45, 2.75) is 6.61 Å². The monoisotopic (exact) mass is 286 g/mol. The van der Waals surface area contributed by atoms with Crippen LogP contribution in [0.5, 0.6) is 10.9 Å². The molecule has 0 unspecified atom stereocenters. The molecule has 4 nitrogen and oxygen atoms in total. The van der Waals surface area contributed by atoms with Gasteiger partial charge in [0.25, 0.3) is 5.19 Å². The molecule has 0 aliphatic carbocycles. The predicted octanol–water partition coefficient (Wildman–Crippen LogP) is 2.59. The highest BCUT2D eigenvalue weighted by molar-refractivity contribution is 9.10. The second-order valence-corrected chi connectivity index (χ2v) is 4.53. The molecule has 1 aromatic carbocycles. The minimum Gasteiger partial charge on any atom is -0.429 e. The lowest BCUT2D eigenvalue weighted by Gasteiger charge is -2.01. The van der Waals surface area contributed by atoms with E-state index in [2.05, 4.69) is 26.1 Å². The molecule has 15 heavy (non-hydrogen) atoms. The molecule has 0 aliphatic rings. The summed E-state index contributed by atoms with van der Waals surface area (Å²) >= 11 is 4.58. The third kappa shape index (κ3) is 2.53. The van der Waals surface area contributed by atoms with E-state index in [-0.39, 0.29) is 6.61 Å². The van der Waals surface area contributed by atoms with Gasteiger partial charge in [0, 0.05) is 0 Å². The van der Waals surface area contributed by atoms with E-state index >= 15 is 0 Å². The van der Waals surface area contributed by atoms with E-state index in [0.29, 0.717) is 16.0 Å². The SMILES string of the molecule is OCc1nnc(Oc2ccccc2Br)s1. The van der Waals surface area contributed by atoms with Crippen LogP contribution in [0.15, 0.2) is 28.7 Å². The summed E-state index contributed by atoms with van der Waals surface area (Å²) in [5, 5.41) is 17.3. The molecule has 2 rings (SSSR count). The quantitative estimate of drug-likeness (QED) is 0.942. The minimum atomic E-state index is -0.114. The van der Waals surface area contributed by atoms with Gasteiger partial charge in [-0.15, -0.1) is 5.10 Å². The number of rotatable bonds is 3. The van der Waals surface area contributed by atoms with Crippen molar-refractivity contribution in [1.29, 1.82) is 0 Å². The van der Waals surface area contributed by atoms with Gasteiger partial charge in [-0.05, 0) is 28.1 Å². The average Bonchev–Trinajstić information content (AvgIpc) is 2.69. The lowest BCUT2D eigenvalue weighted by atomic mass is 10.3. The van der Waals surface area contributed by atoms with E-state index in [1.807, 2.05) is 24.3 Å². The van der Waals surface area contributed by atoms with Crippen LogP contribution in [0.25, 0.3) is 0 Å². The maximum absolute atomic E-state index is 8.81. The number of hydrogen-bond acceptors (Lipinski definition) is 5. The summed E-state index contributed by atoms with van der Waals surface area (Å²) in [6.45, 7) is -0.114. The molecule has 0 spiro atoms. The summed E-state index contributed by atoms with van der Waals surface area (Å²) in [6, 6.07) is 7.47. The Labute approximate surface area is 98.7 Å². The zero-order valence-corrected chi connectivity index (χ0v) is 9.96. The van der Waals surface area contributed by atoms with Gasteiger partial charge in [-0.2, -0.15) is 0 Å². The van der Waals surface area contributed by atoms with Crippen molar-refractivity contribution in [2.24, 2.45) is 0 Å². The first-order chi connectivity index (χ1) is 7.29. The second-order valence-electron chi connectivity index (χ2n) is 2.65. The largest absolute Gasteiger partial charge is 0.429 e. The molecule has 0 aliphatic heterocycles. The summed E-state index contributed by atoms with van der Waals surface area (Å²) < 4.78 is 6.33. The Hall–Kier alpha value is -0.980. The fraction of sp³-hybridized carbons (Fsp3) is 0.111. The zero-order valence-electron chi connectivity index (χ0n) is 7.55. The molecule has 1 heterocycles. The highest BCUT2D eigenvalue weighted by Gasteiger charge is 2.07. The number of aliphatic hydroxyl groups excluding tert-OH is 1. The van der Waals surface area contributed by atoms with Gasteiger partial charge in [0.05, 0.1) is 11.1 Å². The van der Waals surface area contributed by atoms with Crippen molar-refractivity contribution in [2.75, 3.05) is 0 Å². The van der Waals surface area contributed by atoms with Crippen LogP contribution in [0.4, 0.5) is 0 Å². The Morgan fingerprint density at radius 2 is 2.13 bits per heavy atom. The van der Waals surface area contributed by atoms with Crippen LogP contribution in [-0.2, 0) is 6.61 Å². The Bertz CT molecular complexity index is 461. The van der Waals surface area contributed by atoms with Crippen LogP contribution in [-0.4, -0.2) is 15.3 Å². The van der Waals surface area contributed by atoms with Gasteiger partial charge in [0.1, 0.15) is 10.8 Å². The van der Waals surface area contributed by atoms with E-state index in [1.165, 1.54) is 11.3 Å². The van der Waals surface area contributed by atoms with Gasteiger partial charge < -0.3 is 9.84 Å². The third-order valence-corrected chi connectivity index (χ3v) is 3.06. The highest BCUT2D eigenvalue weighted by Crippen LogP contribution is 2.30. The molecule has 6 heteroatoms.